The van der Waals surface area contributed by atoms with Crippen LogP contribution in [-0.4, -0.2) is 5.11 Å². The van der Waals surface area contributed by atoms with Crippen molar-refractivity contribution in [3.05, 3.63) is 28.2 Å². The van der Waals surface area contributed by atoms with Gasteiger partial charge < -0.3 is 10.8 Å². The maximum absolute atomic E-state index is 10.2. The Kier molecular flexibility index (Phi) is 8.15. The summed E-state index contributed by atoms with van der Waals surface area (Å²) in [5, 5.41) is 10.2. The average Bonchev–Trinajstić information content (AvgIpc) is 2.40. The predicted octanol–water partition coefficient (Wildman–Crippen LogP) is 5.21. The molecule has 0 heterocycles. The molecule has 1 aromatic carbocycles. The van der Waals surface area contributed by atoms with Gasteiger partial charge in [0, 0.05) is 15.7 Å². The average molecular weight is 328 g/mol. The number of aliphatic hydroxyl groups is 1. The third-order valence-electron chi connectivity index (χ3n) is 3.49. The number of hydrogen-bond acceptors (Lipinski definition) is 2. The van der Waals surface area contributed by atoms with Gasteiger partial charge in [0.25, 0.3) is 0 Å². The fourth-order valence-corrected chi connectivity index (χ4v) is 2.66. The fourth-order valence-electron chi connectivity index (χ4n) is 2.28. The van der Waals surface area contributed by atoms with Crippen LogP contribution < -0.4 is 5.73 Å². The molecular formula is C16H26BrNO. The van der Waals surface area contributed by atoms with Crippen LogP contribution in [0.5, 0.6) is 0 Å². The third kappa shape index (κ3) is 6.44. The first-order valence-corrected chi connectivity index (χ1v) is 8.17. The maximum atomic E-state index is 10.2. The Labute approximate surface area is 125 Å². The first kappa shape index (κ1) is 16.5. The molecule has 0 bridgehead atoms. The van der Waals surface area contributed by atoms with E-state index < -0.39 is 6.10 Å². The van der Waals surface area contributed by atoms with E-state index >= 15 is 0 Å². The quantitative estimate of drug-likeness (QED) is 0.483. The number of halogens is 1. The smallest absolute Gasteiger partial charge is 0.0810 e. The maximum Gasteiger partial charge on any atom is 0.0810 e. The summed E-state index contributed by atoms with van der Waals surface area (Å²) in [6, 6.07) is 5.66. The van der Waals surface area contributed by atoms with Crippen LogP contribution in [0.3, 0.4) is 0 Å². The minimum Gasteiger partial charge on any atom is -0.398 e. The molecule has 0 radical (unpaired) electrons. The van der Waals surface area contributed by atoms with E-state index in [2.05, 4.69) is 22.9 Å². The van der Waals surface area contributed by atoms with Gasteiger partial charge in [-0.3, -0.25) is 0 Å². The molecule has 0 amide bonds. The highest BCUT2D eigenvalue weighted by Gasteiger charge is 2.11. The number of anilines is 1. The first-order valence-electron chi connectivity index (χ1n) is 7.38. The van der Waals surface area contributed by atoms with Gasteiger partial charge in [0.15, 0.2) is 0 Å². The molecule has 0 fully saturated rings. The second kappa shape index (κ2) is 9.38. The molecule has 0 aliphatic carbocycles. The number of nitrogens with two attached hydrogens (primary N) is 1. The molecule has 0 saturated carbocycles. The highest BCUT2D eigenvalue weighted by atomic mass is 79.9. The Morgan fingerprint density at radius 3 is 2.42 bits per heavy atom. The fraction of sp³-hybridized carbons (Fsp3) is 0.625. The monoisotopic (exact) mass is 327 g/mol. The number of aliphatic hydroxyl groups excluding tert-OH is 1. The van der Waals surface area contributed by atoms with Gasteiger partial charge in [-0.2, -0.15) is 0 Å². The minimum atomic E-state index is -0.437. The molecule has 3 N–H and O–H groups in total. The van der Waals surface area contributed by atoms with Gasteiger partial charge in [-0.05, 0) is 24.6 Å². The van der Waals surface area contributed by atoms with E-state index in [0.29, 0.717) is 5.69 Å². The number of hydrogen-bond donors (Lipinski definition) is 2. The minimum absolute atomic E-state index is 0.437. The number of benzene rings is 1. The van der Waals surface area contributed by atoms with Crippen LogP contribution in [0.15, 0.2) is 22.7 Å². The Bertz CT molecular complexity index is 368. The van der Waals surface area contributed by atoms with Crippen LogP contribution in [0.1, 0.15) is 70.0 Å². The van der Waals surface area contributed by atoms with Crippen LogP contribution in [0.25, 0.3) is 0 Å². The Morgan fingerprint density at radius 1 is 1.11 bits per heavy atom. The molecule has 108 valence electrons. The van der Waals surface area contributed by atoms with Crippen molar-refractivity contribution in [3.63, 3.8) is 0 Å². The normalized spacial score (nSPS) is 12.6. The summed E-state index contributed by atoms with van der Waals surface area (Å²) >= 11 is 3.42. The molecule has 3 heteroatoms. The lowest BCUT2D eigenvalue weighted by molar-refractivity contribution is 0.164. The summed E-state index contributed by atoms with van der Waals surface area (Å²) in [6.07, 6.45) is 9.22. The highest BCUT2D eigenvalue weighted by molar-refractivity contribution is 9.10. The molecule has 2 nitrogen and oxygen atoms in total. The lowest BCUT2D eigenvalue weighted by Gasteiger charge is -2.13. The standard InChI is InChI=1S/C16H26BrNO/c1-2-3-4-5-6-7-8-9-16(19)14-12-13(17)10-11-15(14)18/h10-12,16,19H,2-9,18H2,1H3. The van der Waals surface area contributed by atoms with Crippen LogP contribution in [-0.2, 0) is 0 Å². The van der Waals surface area contributed by atoms with Crippen molar-refractivity contribution in [2.75, 3.05) is 5.73 Å². The second-order valence-corrected chi connectivity index (χ2v) is 6.11. The molecule has 0 saturated heterocycles. The van der Waals surface area contributed by atoms with E-state index in [1.54, 1.807) is 0 Å². The SMILES string of the molecule is CCCCCCCCCC(O)c1cc(Br)ccc1N. The third-order valence-corrected chi connectivity index (χ3v) is 3.98. The zero-order valence-electron chi connectivity index (χ0n) is 11.9. The van der Waals surface area contributed by atoms with Crippen molar-refractivity contribution in [1.29, 1.82) is 0 Å². The zero-order chi connectivity index (χ0) is 14.1. The molecular weight excluding hydrogens is 302 g/mol. The van der Waals surface area contributed by atoms with Crippen LogP contribution in [0, 0.1) is 0 Å². The summed E-state index contributed by atoms with van der Waals surface area (Å²) in [5.74, 6) is 0. The van der Waals surface area contributed by atoms with Gasteiger partial charge in [-0.1, -0.05) is 67.8 Å². The lowest BCUT2D eigenvalue weighted by Crippen LogP contribution is -2.02. The van der Waals surface area contributed by atoms with Gasteiger partial charge in [0.1, 0.15) is 0 Å². The van der Waals surface area contributed by atoms with Crippen LogP contribution >= 0.6 is 15.9 Å². The summed E-state index contributed by atoms with van der Waals surface area (Å²) < 4.78 is 0.968. The molecule has 0 aliphatic heterocycles. The van der Waals surface area contributed by atoms with Crippen molar-refractivity contribution in [1.82, 2.24) is 0 Å². The highest BCUT2D eigenvalue weighted by Crippen LogP contribution is 2.28. The molecule has 0 aromatic heterocycles. The van der Waals surface area contributed by atoms with Crippen molar-refractivity contribution in [2.45, 2.75) is 64.4 Å². The van der Waals surface area contributed by atoms with E-state index in [0.717, 1.165) is 22.9 Å². The van der Waals surface area contributed by atoms with E-state index in [9.17, 15) is 5.11 Å². The van der Waals surface area contributed by atoms with Gasteiger partial charge in [0.05, 0.1) is 6.10 Å². The largest absolute Gasteiger partial charge is 0.398 e. The van der Waals surface area contributed by atoms with E-state index in [4.69, 9.17) is 5.73 Å². The molecule has 1 unspecified atom stereocenters. The van der Waals surface area contributed by atoms with Gasteiger partial charge >= 0.3 is 0 Å². The second-order valence-electron chi connectivity index (χ2n) is 5.20. The van der Waals surface area contributed by atoms with Crippen LogP contribution in [0.4, 0.5) is 5.69 Å². The summed E-state index contributed by atoms with van der Waals surface area (Å²) in [5.41, 5.74) is 7.42. The Hall–Kier alpha value is -0.540. The Morgan fingerprint density at radius 2 is 1.74 bits per heavy atom. The summed E-state index contributed by atoms with van der Waals surface area (Å²) in [4.78, 5) is 0. The van der Waals surface area contributed by atoms with E-state index in [1.165, 1.54) is 38.5 Å². The van der Waals surface area contributed by atoms with E-state index in [1.807, 2.05) is 18.2 Å². The molecule has 0 aliphatic rings. The van der Waals surface area contributed by atoms with Gasteiger partial charge in [-0.15, -0.1) is 0 Å². The Balaban J connectivity index is 2.23. The predicted molar refractivity (Wildman–Crippen MR) is 86.1 cm³/mol. The topological polar surface area (TPSA) is 46.2 Å². The molecule has 1 atom stereocenters. The first-order chi connectivity index (χ1) is 9.15. The number of unbranched alkanes of at least 4 members (excludes halogenated alkanes) is 6. The van der Waals surface area contributed by atoms with Crippen molar-refractivity contribution >= 4 is 21.6 Å². The molecule has 1 rings (SSSR count). The zero-order valence-corrected chi connectivity index (χ0v) is 13.5. The lowest BCUT2D eigenvalue weighted by atomic mass is 10.0. The summed E-state index contributed by atoms with van der Waals surface area (Å²) in [7, 11) is 0. The van der Waals surface area contributed by atoms with Crippen molar-refractivity contribution in [3.8, 4) is 0 Å². The molecule has 19 heavy (non-hydrogen) atoms. The van der Waals surface area contributed by atoms with Gasteiger partial charge in [0.2, 0.25) is 0 Å². The van der Waals surface area contributed by atoms with Crippen LogP contribution in [0.2, 0.25) is 0 Å². The van der Waals surface area contributed by atoms with Crippen molar-refractivity contribution < 1.29 is 5.11 Å². The summed E-state index contributed by atoms with van der Waals surface area (Å²) in [6.45, 7) is 2.23. The number of rotatable bonds is 9. The molecule has 0 spiro atoms. The molecule has 1 aromatic rings. The van der Waals surface area contributed by atoms with Crippen molar-refractivity contribution in [2.24, 2.45) is 0 Å². The van der Waals surface area contributed by atoms with E-state index in [-0.39, 0.29) is 0 Å². The number of nitrogen functional groups attached to an aromatic ring is 1. The van der Waals surface area contributed by atoms with Gasteiger partial charge in [-0.25, -0.2) is 0 Å².